The van der Waals surface area contributed by atoms with Crippen molar-refractivity contribution in [1.82, 2.24) is 0 Å². The van der Waals surface area contributed by atoms with E-state index >= 15 is 0 Å². The van der Waals surface area contributed by atoms with Gasteiger partial charge in [-0.25, -0.2) is 4.39 Å². The summed E-state index contributed by atoms with van der Waals surface area (Å²) in [6, 6.07) is 2.17. The molecule has 0 aliphatic carbocycles. The van der Waals surface area contributed by atoms with Gasteiger partial charge < -0.3 is 16.6 Å². The van der Waals surface area contributed by atoms with Gasteiger partial charge >= 0.3 is 0 Å². The van der Waals surface area contributed by atoms with Gasteiger partial charge in [0.1, 0.15) is 0 Å². The minimum absolute atomic E-state index is 0.156. The smallest absolute Gasteiger partial charge is 0.166 e. The first-order valence-electron chi connectivity index (χ1n) is 3.69. The van der Waals surface area contributed by atoms with E-state index in [1.54, 1.807) is 6.07 Å². The topological polar surface area (TPSA) is 72.3 Å². The molecule has 0 amide bonds. The van der Waals surface area contributed by atoms with Crippen LogP contribution in [0.1, 0.15) is 11.6 Å². The molecule has 0 aliphatic heterocycles. The zero-order valence-electron chi connectivity index (χ0n) is 6.80. The van der Waals surface area contributed by atoms with Gasteiger partial charge in [0.25, 0.3) is 0 Å². The van der Waals surface area contributed by atoms with Crippen molar-refractivity contribution in [3.05, 3.63) is 28.0 Å². The van der Waals surface area contributed by atoms with Crippen molar-refractivity contribution in [2.75, 3.05) is 6.54 Å². The zero-order chi connectivity index (χ0) is 10.0. The average molecular weight is 249 g/mol. The normalized spacial score (nSPS) is 12.9. The summed E-state index contributed by atoms with van der Waals surface area (Å²) in [7, 11) is 0. The molecule has 13 heavy (non-hydrogen) atoms. The largest absolute Gasteiger partial charge is 0.505 e. The fraction of sp³-hybridized carbons (Fsp3) is 0.250. The van der Waals surface area contributed by atoms with Gasteiger partial charge in [-0.2, -0.15) is 0 Å². The highest BCUT2D eigenvalue weighted by Gasteiger charge is 2.13. The lowest BCUT2D eigenvalue weighted by Crippen LogP contribution is -2.21. The molecule has 1 unspecified atom stereocenters. The fourth-order valence-corrected chi connectivity index (χ4v) is 1.44. The Balaban J connectivity index is 3.20. The monoisotopic (exact) mass is 248 g/mol. The maximum absolute atomic E-state index is 13.0. The third-order valence-electron chi connectivity index (χ3n) is 1.71. The van der Waals surface area contributed by atoms with Gasteiger partial charge in [0.15, 0.2) is 11.6 Å². The van der Waals surface area contributed by atoms with Crippen LogP contribution in [0.2, 0.25) is 0 Å². The highest BCUT2D eigenvalue weighted by atomic mass is 79.9. The van der Waals surface area contributed by atoms with Crippen LogP contribution in [-0.2, 0) is 0 Å². The van der Waals surface area contributed by atoms with Gasteiger partial charge in [-0.15, -0.1) is 0 Å². The number of hydrogen-bond acceptors (Lipinski definition) is 3. The Hall–Kier alpha value is -0.650. The Labute approximate surface area is 83.7 Å². The second kappa shape index (κ2) is 4.04. The molecule has 5 N–H and O–H groups in total. The summed E-state index contributed by atoms with van der Waals surface area (Å²) in [5.74, 6) is -1.13. The molecule has 3 nitrogen and oxygen atoms in total. The van der Waals surface area contributed by atoms with Crippen molar-refractivity contribution < 1.29 is 9.50 Å². The van der Waals surface area contributed by atoms with Crippen LogP contribution in [0, 0.1) is 5.82 Å². The van der Waals surface area contributed by atoms with E-state index in [0.717, 1.165) is 0 Å². The maximum atomic E-state index is 13.0. The quantitative estimate of drug-likeness (QED) is 0.738. The molecule has 0 saturated carbocycles. The van der Waals surface area contributed by atoms with Gasteiger partial charge in [0.2, 0.25) is 0 Å². The van der Waals surface area contributed by atoms with Crippen LogP contribution in [-0.4, -0.2) is 11.7 Å². The number of benzene rings is 1. The number of nitrogens with two attached hydrogens (primary N) is 2. The molecule has 1 aromatic rings. The lowest BCUT2D eigenvalue weighted by Gasteiger charge is -2.11. The highest BCUT2D eigenvalue weighted by molar-refractivity contribution is 9.10. The molecule has 0 aromatic heterocycles. The second-order valence-electron chi connectivity index (χ2n) is 2.67. The first kappa shape index (κ1) is 10.4. The summed E-state index contributed by atoms with van der Waals surface area (Å²) >= 11 is 3.10. The molecule has 0 saturated heterocycles. The first-order chi connectivity index (χ1) is 6.06. The molecule has 0 radical (unpaired) electrons. The van der Waals surface area contributed by atoms with E-state index < -0.39 is 17.6 Å². The summed E-state index contributed by atoms with van der Waals surface area (Å²) in [6.07, 6.45) is 0. The molecule has 1 aromatic carbocycles. The number of hydrogen-bond donors (Lipinski definition) is 3. The minimum Gasteiger partial charge on any atom is -0.505 e. The van der Waals surface area contributed by atoms with E-state index in [4.69, 9.17) is 11.5 Å². The maximum Gasteiger partial charge on any atom is 0.166 e. The summed E-state index contributed by atoms with van der Waals surface area (Å²) in [4.78, 5) is 0. The van der Waals surface area contributed by atoms with Crippen LogP contribution < -0.4 is 11.5 Å². The summed E-state index contributed by atoms with van der Waals surface area (Å²) in [5, 5.41) is 9.29. The number of aromatic hydroxyl groups is 1. The molecule has 1 rings (SSSR count). The Morgan fingerprint density at radius 3 is 2.69 bits per heavy atom. The third kappa shape index (κ3) is 2.18. The third-order valence-corrected chi connectivity index (χ3v) is 2.17. The van der Waals surface area contributed by atoms with E-state index in [1.807, 2.05) is 0 Å². The summed E-state index contributed by atoms with van der Waals surface area (Å²) in [6.45, 7) is 0.156. The van der Waals surface area contributed by atoms with E-state index in [-0.39, 0.29) is 6.54 Å². The van der Waals surface area contributed by atoms with E-state index in [1.165, 1.54) is 6.07 Å². The number of halogens is 2. The Morgan fingerprint density at radius 2 is 2.15 bits per heavy atom. The van der Waals surface area contributed by atoms with Gasteiger partial charge in [-0.05, 0) is 12.1 Å². The van der Waals surface area contributed by atoms with Crippen LogP contribution in [0.4, 0.5) is 4.39 Å². The molecule has 5 heteroatoms. The van der Waals surface area contributed by atoms with Crippen molar-refractivity contribution in [3.8, 4) is 5.75 Å². The molecule has 0 spiro atoms. The first-order valence-corrected chi connectivity index (χ1v) is 4.49. The molecule has 0 fully saturated rings. The highest BCUT2D eigenvalue weighted by Crippen LogP contribution is 2.29. The van der Waals surface area contributed by atoms with Crippen LogP contribution in [0.3, 0.4) is 0 Å². The van der Waals surface area contributed by atoms with Gasteiger partial charge in [0.05, 0.1) is 0 Å². The molecule has 1 atom stereocenters. The Bertz CT molecular complexity index is 319. The van der Waals surface area contributed by atoms with Crippen molar-refractivity contribution >= 4 is 15.9 Å². The molecule has 0 bridgehead atoms. The lowest BCUT2D eigenvalue weighted by atomic mass is 10.1. The average Bonchev–Trinajstić information content (AvgIpc) is 2.10. The molecule has 72 valence electrons. The SMILES string of the molecule is NCC(N)c1cc(Br)cc(F)c1O. The van der Waals surface area contributed by atoms with Crippen LogP contribution >= 0.6 is 15.9 Å². The fourth-order valence-electron chi connectivity index (χ4n) is 0.996. The van der Waals surface area contributed by atoms with Crippen molar-refractivity contribution in [3.63, 3.8) is 0 Å². The predicted octanol–water partition coefficient (Wildman–Crippen LogP) is 1.25. The second-order valence-corrected chi connectivity index (χ2v) is 3.58. The van der Waals surface area contributed by atoms with Crippen LogP contribution in [0.25, 0.3) is 0 Å². The van der Waals surface area contributed by atoms with E-state index in [0.29, 0.717) is 10.0 Å². The van der Waals surface area contributed by atoms with Gasteiger partial charge in [-0.3, -0.25) is 0 Å². The lowest BCUT2D eigenvalue weighted by molar-refractivity contribution is 0.420. The molecular weight excluding hydrogens is 239 g/mol. The number of rotatable bonds is 2. The Kier molecular flexibility index (Phi) is 3.24. The summed E-state index contributed by atoms with van der Waals surface area (Å²) < 4.78 is 13.5. The molecule has 0 aliphatic rings. The van der Waals surface area contributed by atoms with Crippen molar-refractivity contribution in [2.45, 2.75) is 6.04 Å². The van der Waals surface area contributed by atoms with Crippen LogP contribution in [0.15, 0.2) is 16.6 Å². The number of phenolic OH excluding ortho intramolecular Hbond substituents is 1. The van der Waals surface area contributed by atoms with E-state index in [2.05, 4.69) is 15.9 Å². The predicted molar refractivity (Wildman–Crippen MR) is 51.7 cm³/mol. The minimum atomic E-state index is -0.701. The Morgan fingerprint density at radius 1 is 1.54 bits per heavy atom. The number of phenols is 1. The molecular formula is C8H10BrFN2O. The van der Waals surface area contributed by atoms with Gasteiger partial charge in [0, 0.05) is 22.6 Å². The standard InChI is InChI=1S/C8H10BrFN2O/c9-4-1-5(7(12)3-11)8(13)6(10)2-4/h1-2,7,13H,3,11-12H2. The zero-order valence-corrected chi connectivity index (χ0v) is 8.38. The van der Waals surface area contributed by atoms with Crippen LogP contribution in [0.5, 0.6) is 5.75 Å². The van der Waals surface area contributed by atoms with Gasteiger partial charge in [-0.1, -0.05) is 15.9 Å². The van der Waals surface area contributed by atoms with E-state index in [9.17, 15) is 9.50 Å². The van der Waals surface area contributed by atoms with Crippen molar-refractivity contribution in [1.29, 1.82) is 0 Å². The summed E-state index contributed by atoms with van der Waals surface area (Å²) in [5.41, 5.74) is 11.2. The van der Waals surface area contributed by atoms with Crippen molar-refractivity contribution in [2.24, 2.45) is 11.5 Å². The molecule has 0 heterocycles.